The molecule has 0 spiro atoms. The summed E-state index contributed by atoms with van der Waals surface area (Å²) in [7, 11) is 1.81. The molecule has 1 unspecified atom stereocenters. The summed E-state index contributed by atoms with van der Waals surface area (Å²) < 4.78 is 11.4. The molecule has 29 heavy (non-hydrogen) atoms. The van der Waals surface area contributed by atoms with E-state index in [0.717, 1.165) is 45.1 Å². The van der Waals surface area contributed by atoms with E-state index < -0.39 is 0 Å². The van der Waals surface area contributed by atoms with Gasteiger partial charge in [0.2, 0.25) is 0 Å². The van der Waals surface area contributed by atoms with Crippen molar-refractivity contribution in [3.8, 4) is 0 Å². The van der Waals surface area contributed by atoms with Crippen LogP contribution in [0.15, 0.2) is 59.6 Å². The average Bonchev–Trinajstić information content (AvgIpc) is 2.79. The molecular weight excluding hydrogens is 362 g/mol. The topological polar surface area (TPSA) is 54.9 Å². The van der Waals surface area contributed by atoms with Gasteiger partial charge in [-0.3, -0.25) is 4.99 Å². The van der Waals surface area contributed by atoms with Gasteiger partial charge in [-0.15, -0.1) is 0 Å². The minimum Gasteiger partial charge on any atom is -0.381 e. The van der Waals surface area contributed by atoms with Gasteiger partial charge >= 0.3 is 0 Å². The van der Waals surface area contributed by atoms with Gasteiger partial charge in [0.05, 0.1) is 12.7 Å². The monoisotopic (exact) mass is 395 g/mol. The van der Waals surface area contributed by atoms with Crippen molar-refractivity contribution in [1.29, 1.82) is 0 Å². The third-order valence-corrected chi connectivity index (χ3v) is 5.27. The van der Waals surface area contributed by atoms with Crippen LogP contribution in [-0.4, -0.2) is 38.9 Å². The van der Waals surface area contributed by atoms with E-state index in [4.69, 9.17) is 9.47 Å². The van der Waals surface area contributed by atoms with E-state index in [-0.39, 0.29) is 0 Å². The zero-order valence-electron chi connectivity index (χ0n) is 17.6. The fourth-order valence-electron chi connectivity index (χ4n) is 3.44. The maximum Gasteiger partial charge on any atom is 0.191 e. The normalized spacial score (nSPS) is 16.4. The predicted molar refractivity (Wildman–Crippen MR) is 118 cm³/mol. The van der Waals surface area contributed by atoms with Gasteiger partial charge in [-0.25, -0.2) is 0 Å². The molecule has 0 aliphatic carbocycles. The summed E-state index contributed by atoms with van der Waals surface area (Å²) in [5.74, 6) is 1.23. The molecule has 2 aromatic carbocycles. The predicted octanol–water partition coefficient (Wildman–Crippen LogP) is 3.85. The Bertz CT molecular complexity index is 758. The van der Waals surface area contributed by atoms with Crippen molar-refractivity contribution in [3.63, 3.8) is 0 Å². The molecule has 2 N–H and O–H groups in total. The minimum atomic E-state index is 0.320. The molecule has 5 nitrogen and oxygen atoms in total. The molecule has 5 heteroatoms. The Morgan fingerprint density at radius 2 is 1.83 bits per heavy atom. The van der Waals surface area contributed by atoms with Crippen molar-refractivity contribution in [2.45, 2.75) is 44.9 Å². The lowest BCUT2D eigenvalue weighted by molar-refractivity contribution is -0.0390. The lowest BCUT2D eigenvalue weighted by Crippen LogP contribution is -2.38. The lowest BCUT2D eigenvalue weighted by atomic mass is 10.0. The molecule has 0 radical (unpaired) electrons. The largest absolute Gasteiger partial charge is 0.381 e. The third kappa shape index (κ3) is 7.18. The fourth-order valence-corrected chi connectivity index (χ4v) is 3.44. The lowest BCUT2D eigenvalue weighted by Gasteiger charge is -2.22. The van der Waals surface area contributed by atoms with Crippen molar-refractivity contribution in [2.24, 2.45) is 4.99 Å². The Kier molecular flexibility index (Phi) is 8.53. The smallest absolute Gasteiger partial charge is 0.191 e. The second kappa shape index (κ2) is 11.6. The van der Waals surface area contributed by atoms with E-state index in [1.807, 2.05) is 6.07 Å². The average molecular weight is 396 g/mol. The molecule has 0 aromatic heterocycles. The van der Waals surface area contributed by atoms with E-state index in [2.05, 4.69) is 71.1 Å². The van der Waals surface area contributed by atoms with Gasteiger partial charge in [0.1, 0.15) is 0 Å². The summed E-state index contributed by atoms with van der Waals surface area (Å²) >= 11 is 0. The maximum atomic E-state index is 6.04. The van der Waals surface area contributed by atoms with Gasteiger partial charge in [-0.2, -0.15) is 0 Å². The molecule has 156 valence electrons. The van der Waals surface area contributed by atoms with E-state index in [0.29, 0.717) is 18.6 Å². The van der Waals surface area contributed by atoms with Crippen LogP contribution in [0.2, 0.25) is 0 Å². The molecule has 1 atom stereocenters. The van der Waals surface area contributed by atoms with E-state index in [1.54, 1.807) is 7.05 Å². The van der Waals surface area contributed by atoms with Crippen LogP contribution >= 0.6 is 0 Å². The number of nitrogens with zero attached hydrogens (tertiary/aromatic N) is 1. The Hall–Kier alpha value is -2.37. The van der Waals surface area contributed by atoms with Crippen LogP contribution in [0.3, 0.4) is 0 Å². The number of aliphatic imine (C=N–C) groups is 1. The van der Waals surface area contributed by atoms with Crippen molar-refractivity contribution in [2.75, 3.05) is 26.8 Å². The molecule has 0 amide bonds. The van der Waals surface area contributed by atoms with Gasteiger partial charge < -0.3 is 20.1 Å². The first kappa shape index (κ1) is 21.3. The fraction of sp³-hybridized carbons (Fsp3) is 0.458. The maximum absolute atomic E-state index is 6.04. The molecule has 2 aromatic rings. The standard InChI is InChI=1S/C24H33N3O2/c1-19(22-9-4-3-5-10-22)16-26-24(25-2)27-17-20-7-6-8-21(15-20)18-29-23-11-13-28-14-12-23/h3-10,15,19,23H,11-14,16-18H2,1-2H3,(H2,25,26,27). The van der Waals surface area contributed by atoms with Crippen molar-refractivity contribution < 1.29 is 9.47 Å². The van der Waals surface area contributed by atoms with Crippen LogP contribution in [0.1, 0.15) is 42.4 Å². The van der Waals surface area contributed by atoms with Gasteiger partial charge in [0.15, 0.2) is 5.96 Å². The highest BCUT2D eigenvalue weighted by molar-refractivity contribution is 5.79. The molecule has 3 rings (SSSR count). The second-order valence-corrected chi connectivity index (χ2v) is 7.56. The summed E-state index contributed by atoms with van der Waals surface area (Å²) in [6, 6.07) is 19.1. The Morgan fingerprint density at radius 1 is 1.07 bits per heavy atom. The zero-order valence-corrected chi connectivity index (χ0v) is 17.6. The van der Waals surface area contributed by atoms with E-state index in [1.165, 1.54) is 16.7 Å². The number of rotatable bonds is 8. The van der Waals surface area contributed by atoms with Gasteiger partial charge in [0, 0.05) is 33.4 Å². The first-order valence-electron chi connectivity index (χ1n) is 10.5. The first-order chi connectivity index (χ1) is 14.2. The van der Waals surface area contributed by atoms with Crippen LogP contribution < -0.4 is 10.6 Å². The van der Waals surface area contributed by atoms with Crippen LogP contribution in [0.25, 0.3) is 0 Å². The number of hydrogen-bond donors (Lipinski definition) is 2. The second-order valence-electron chi connectivity index (χ2n) is 7.56. The quantitative estimate of drug-likeness (QED) is 0.527. The number of ether oxygens (including phenoxy) is 2. The van der Waals surface area contributed by atoms with Gasteiger partial charge in [-0.1, -0.05) is 61.5 Å². The number of benzene rings is 2. The van der Waals surface area contributed by atoms with Gasteiger partial charge in [0.25, 0.3) is 0 Å². The van der Waals surface area contributed by atoms with Crippen LogP contribution in [0.5, 0.6) is 0 Å². The zero-order chi connectivity index (χ0) is 20.3. The van der Waals surface area contributed by atoms with Crippen molar-refractivity contribution in [1.82, 2.24) is 10.6 Å². The summed E-state index contributed by atoms with van der Waals surface area (Å²) in [6.45, 7) is 6.05. The summed E-state index contributed by atoms with van der Waals surface area (Å²) in [5.41, 5.74) is 3.75. The number of nitrogens with one attached hydrogen (secondary N) is 2. The highest BCUT2D eigenvalue weighted by Gasteiger charge is 2.14. The molecule has 1 aliphatic rings. The minimum absolute atomic E-state index is 0.320. The Morgan fingerprint density at radius 3 is 2.59 bits per heavy atom. The highest BCUT2D eigenvalue weighted by atomic mass is 16.5. The van der Waals surface area contributed by atoms with Crippen LogP contribution in [0, 0.1) is 0 Å². The number of hydrogen-bond acceptors (Lipinski definition) is 3. The van der Waals surface area contributed by atoms with Gasteiger partial charge in [-0.05, 0) is 35.4 Å². The summed E-state index contributed by atoms with van der Waals surface area (Å²) in [4.78, 5) is 4.35. The van der Waals surface area contributed by atoms with E-state index in [9.17, 15) is 0 Å². The summed E-state index contributed by atoms with van der Waals surface area (Å²) in [6.07, 6.45) is 2.30. The molecule has 0 bridgehead atoms. The van der Waals surface area contributed by atoms with Crippen LogP contribution in [0.4, 0.5) is 0 Å². The molecule has 1 aliphatic heterocycles. The third-order valence-electron chi connectivity index (χ3n) is 5.27. The van der Waals surface area contributed by atoms with Crippen LogP contribution in [-0.2, 0) is 22.6 Å². The van der Waals surface area contributed by atoms with Crippen molar-refractivity contribution >= 4 is 5.96 Å². The summed E-state index contributed by atoms with van der Waals surface area (Å²) in [5, 5.41) is 6.83. The van der Waals surface area contributed by atoms with Crippen molar-refractivity contribution in [3.05, 3.63) is 71.3 Å². The Labute approximate surface area is 174 Å². The highest BCUT2D eigenvalue weighted by Crippen LogP contribution is 2.15. The molecule has 0 saturated carbocycles. The Balaban J connectivity index is 1.44. The molecule has 1 saturated heterocycles. The molecule has 1 heterocycles. The number of guanidine groups is 1. The SMILES string of the molecule is CN=C(NCc1cccc(COC2CCOCC2)c1)NCC(C)c1ccccc1. The molecule has 1 fully saturated rings. The first-order valence-corrected chi connectivity index (χ1v) is 10.5. The van der Waals surface area contributed by atoms with E-state index >= 15 is 0 Å². The molecular formula is C24H33N3O2.